The summed E-state index contributed by atoms with van der Waals surface area (Å²) in [6.07, 6.45) is 9.78. The van der Waals surface area contributed by atoms with Crippen molar-refractivity contribution in [1.82, 2.24) is 19.3 Å². The fourth-order valence-electron chi connectivity index (χ4n) is 8.72. The predicted octanol–water partition coefficient (Wildman–Crippen LogP) is 13.0. The third-order valence-electron chi connectivity index (χ3n) is 11.1. The molecule has 0 saturated heterocycles. The van der Waals surface area contributed by atoms with Gasteiger partial charge in [0.2, 0.25) is 0 Å². The molecule has 1 aliphatic carbocycles. The summed E-state index contributed by atoms with van der Waals surface area (Å²) in [5.74, 6) is 4.90. The van der Waals surface area contributed by atoms with E-state index in [0.717, 1.165) is 59.7 Å². The predicted molar refractivity (Wildman–Crippen MR) is 218 cm³/mol. The number of pyridine rings is 1. The number of rotatable bonds is 11. The third-order valence-corrected chi connectivity index (χ3v) is 11.1. The number of nitrogens with zero attached hydrogens (tertiary/aromatic N) is 4. The molecule has 0 bridgehead atoms. The highest BCUT2D eigenvalue weighted by Crippen LogP contribution is 2.44. The number of aromatic nitrogens is 4. The van der Waals surface area contributed by atoms with E-state index in [1.807, 2.05) is 6.20 Å². The zero-order valence-electron chi connectivity index (χ0n) is 32.7. The van der Waals surface area contributed by atoms with E-state index < -0.39 is 0 Å². The lowest BCUT2D eigenvalue weighted by molar-refractivity contribution is 0.389. The van der Waals surface area contributed by atoms with Gasteiger partial charge in [-0.25, -0.2) is 9.67 Å². The molecular formula is C47H56N4O. The van der Waals surface area contributed by atoms with Crippen LogP contribution in [0.4, 0.5) is 0 Å². The first kappa shape index (κ1) is 35.7. The van der Waals surface area contributed by atoms with E-state index in [1.165, 1.54) is 50.8 Å². The van der Waals surface area contributed by atoms with Crippen molar-refractivity contribution >= 4 is 21.8 Å². The summed E-state index contributed by atoms with van der Waals surface area (Å²) in [5, 5.41) is 7.84. The molecule has 3 atom stereocenters. The number of fused-ring (bicyclic) bond motifs is 3. The lowest BCUT2D eigenvalue weighted by atomic mass is 9.72. The Hall–Kier alpha value is -4.64. The Labute approximate surface area is 310 Å². The molecular weight excluding hydrogens is 637 g/mol. The molecule has 0 amide bonds. The van der Waals surface area contributed by atoms with E-state index in [4.69, 9.17) is 14.8 Å². The molecule has 0 spiro atoms. The van der Waals surface area contributed by atoms with Crippen molar-refractivity contribution < 1.29 is 4.74 Å². The smallest absolute Gasteiger partial charge is 0.137 e. The first-order valence-electron chi connectivity index (χ1n) is 19.7. The van der Waals surface area contributed by atoms with E-state index in [2.05, 4.69) is 150 Å². The molecule has 1 unspecified atom stereocenters. The Balaban J connectivity index is 1.35. The van der Waals surface area contributed by atoms with Gasteiger partial charge >= 0.3 is 0 Å². The molecule has 0 fully saturated rings. The van der Waals surface area contributed by atoms with Gasteiger partial charge in [-0.3, -0.25) is 4.57 Å². The Morgan fingerprint density at radius 1 is 0.788 bits per heavy atom. The van der Waals surface area contributed by atoms with Gasteiger partial charge in [0.1, 0.15) is 17.3 Å². The van der Waals surface area contributed by atoms with Gasteiger partial charge in [-0.15, -0.1) is 0 Å². The second-order valence-corrected chi connectivity index (χ2v) is 15.9. The summed E-state index contributed by atoms with van der Waals surface area (Å²) >= 11 is 0. The average Bonchev–Trinajstić information content (AvgIpc) is 3.63. The number of para-hydroxylation sites is 1. The van der Waals surface area contributed by atoms with Crippen LogP contribution in [-0.2, 0) is 12.8 Å². The molecule has 5 nitrogen and oxygen atoms in total. The maximum absolute atomic E-state index is 6.85. The lowest BCUT2D eigenvalue weighted by Crippen LogP contribution is -2.21. The molecule has 3 aromatic carbocycles. The summed E-state index contributed by atoms with van der Waals surface area (Å²) in [5.41, 5.74) is 11.4. The minimum Gasteiger partial charge on any atom is -0.457 e. The fraction of sp³-hybridized carbons (Fsp3) is 0.404. The molecule has 0 N–H and O–H groups in total. The van der Waals surface area contributed by atoms with Gasteiger partial charge in [-0.2, -0.15) is 5.10 Å². The van der Waals surface area contributed by atoms with Gasteiger partial charge < -0.3 is 4.74 Å². The minimum absolute atomic E-state index is 0.330. The third kappa shape index (κ3) is 6.71. The number of hydrogen-bond acceptors (Lipinski definition) is 3. The van der Waals surface area contributed by atoms with Gasteiger partial charge in [0.25, 0.3) is 0 Å². The van der Waals surface area contributed by atoms with E-state index in [-0.39, 0.29) is 0 Å². The zero-order valence-corrected chi connectivity index (χ0v) is 32.7. The van der Waals surface area contributed by atoms with Crippen molar-refractivity contribution in [3.63, 3.8) is 0 Å². The fourth-order valence-corrected chi connectivity index (χ4v) is 8.72. The number of benzene rings is 3. The minimum atomic E-state index is 0.330. The Kier molecular flexibility index (Phi) is 10.2. The summed E-state index contributed by atoms with van der Waals surface area (Å²) in [4.78, 5) is 4.86. The van der Waals surface area contributed by atoms with Crippen molar-refractivity contribution in [3.05, 3.63) is 119 Å². The van der Waals surface area contributed by atoms with Crippen LogP contribution >= 0.6 is 0 Å². The van der Waals surface area contributed by atoms with Gasteiger partial charge in [-0.1, -0.05) is 98.1 Å². The molecule has 7 rings (SSSR count). The molecule has 6 aromatic rings. The second-order valence-electron chi connectivity index (χ2n) is 15.9. The first-order chi connectivity index (χ1) is 25.1. The highest BCUT2D eigenvalue weighted by molar-refractivity contribution is 6.09. The molecule has 5 heteroatoms. The standard InChI is InChI=1S/C47H56N4O/c1-10-14-41-47(46-32(8)22-31(7)23-33(46)9)43(15-11-2)51(49-41)36-24-35(30(5)6)25-38(27-36)52-37-18-19-40-39-16-12-13-17-42(39)50(44(40)28-37)45-26-34(29(3)4)20-21-48-45/h12-13,16-22,24-31,33,46H,10-11,14-15,23H2,1-9H3/t31-,33-,46?/m0/s1. The molecule has 3 aromatic heterocycles. The quantitative estimate of drug-likeness (QED) is 0.127. The van der Waals surface area contributed by atoms with Gasteiger partial charge in [0, 0.05) is 46.3 Å². The molecule has 0 saturated carbocycles. The van der Waals surface area contributed by atoms with Crippen molar-refractivity contribution in [3.8, 4) is 23.0 Å². The summed E-state index contributed by atoms with van der Waals surface area (Å²) < 4.78 is 11.4. The number of allylic oxidation sites excluding steroid dienone is 2. The maximum atomic E-state index is 6.85. The highest BCUT2D eigenvalue weighted by Gasteiger charge is 2.33. The molecule has 1 aliphatic rings. The van der Waals surface area contributed by atoms with E-state index in [1.54, 1.807) is 0 Å². The van der Waals surface area contributed by atoms with E-state index >= 15 is 0 Å². The molecule has 52 heavy (non-hydrogen) atoms. The maximum Gasteiger partial charge on any atom is 0.137 e. The summed E-state index contributed by atoms with van der Waals surface area (Å²) in [6, 6.07) is 26.1. The van der Waals surface area contributed by atoms with Crippen LogP contribution in [0.3, 0.4) is 0 Å². The molecule has 270 valence electrons. The first-order valence-corrected chi connectivity index (χ1v) is 19.7. The monoisotopic (exact) mass is 692 g/mol. The van der Waals surface area contributed by atoms with Crippen LogP contribution in [0, 0.1) is 11.8 Å². The number of ether oxygens (including phenoxy) is 1. The van der Waals surface area contributed by atoms with Crippen LogP contribution in [0.5, 0.6) is 11.5 Å². The van der Waals surface area contributed by atoms with Crippen LogP contribution in [0.1, 0.15) is 127 Å². The van der Waals surface area contributed by atoms with E-state index in [9.17, 15) is 0 Å². The second kappa shape index (κ2) is 14.8. The van der Waals surface area contributed by atoms with Crippen molar-refractivity contribution in [2.75, 3.05) is 0 Å². The normalized spacial score (nSPS) is 17.8. The van der Waals surface area contributed by atoms with Gasteiger partial charge in [0.15, 0.2) is 0 Å². The number of aryl methyl sites for hydroxylation is 1. The highest BCUT2D eigenvalue weighted by atomic mass is 16.5. The average molecular weight is 693 g/mol. The molecule has 0 aliphatic heterocycles. The van der Waals surface area contributed by atoms with Crippen molar-refractivity contribution in [1.29, 1.82) is 0 Å². The van der Waals surface area contributed by atoms with Crippen LogP contribution in [0.2, 0.25) is 0 Å². The van der Waals surface area contributed by atoms with Crippen LogP contribution in [-0.4, -0.2) is 19.3 Å². The zero-order chi connectivity index (χ0) is 36.7. The van der Waals surface area contributed by atoms with Gasteiger partial charge in [-0.05, 0) is 103 Å². The van der Waals surface area contributed by atoms with Gasteiger partial charge in [0.05, 0.1) is 22.4 Å². The van der Waals surface area contributed by atoms with Crippen LogP contribution in [0.25, 0.3) is 33.3 Å². The lowest BCUT2D eigenvalue weighted by Gasteiger charge is -2.33. The largest absolute Gasteiger partial charge is 0.457 e. The SMILES string of the molecule is CCCc1nn(-c2cc(Oc3ccc4c5ccccc5n(-c5cc(C(C)C)ccn5)c4c3)cc(C(C)C)c2)c(CCC)c1C1C(C)=C[C@H](C)C[C@@H]1C. The van der Waals surface area contributed by atoms with E-state index in [0.29, 0.717) is 29.6 Å². The van der Waals surface area contributed by atoms with Crippen LogP contribution < -0.4 is 4.74 Å². The molecule has 0 radical (unpaired) electrons. The Bertz CT molecular complexity index is 2250. The number of hydrogen-bond donors (Lipinski definition) is 0. The Morgan fingerprint density at radius 3 is 2.27 bits per heavy atom. The summed E-state index contributed by atoms with van der Waals surface area (Å²) in [7, 11) is 0. The topological polar surface area (TPSA) is 44.9 Å². The summed E-state index contributed by atoms with van der Waals surface area (Å²) in [6.45, 7) is 20.7. The van der Waals surface area contributed by atoms with Crippen molar-refractivity contribution in [2.24, 2.45) is 11.8 Å². The van der Waals surface area contributed by atoms with Crippen LogP contribution in [0.15, 0.2) is 90.6 Å². The molecule has 3 heterocycles. The Morgan fingerprint density at radius 2 is 1.54 bits per heavy atom. The van der Waals surface area contributed by atoms with Crippen molar-refractivity contribution in [2.45, 2.75) is 112 Å².